The maximum Gasteiger partial charge on any atom is 0.265 e. The lowest BCUT2D eigenvalue weighted by atomic mass is 10.1. The molecule has 0 spiro atoms. The van der Waals surface area contributed by atoms with Gasteiger partial charge in [-0.1, -0.05) is 35.9 Å². The van der Waals surface area contributed by atoms with Gasteiger partial charge in [0.1, 0.15) is 5.75 Å². The van der Waals surface area contributed by atoms with Crippen LogP contribution in [0.5, 0.6) is 17.2 Å². The Kier molecular flexibility index (Phi) is 6.75. The molecule has 0 aromatic heterocycles. The number of nitrogens with zero attached hydrogens (tertiary/aromatic N) is 1. The average Bonchev–Trinajstić information content (AvgIpc) is 2.78. The highest BCUT2D eigenvalue weighted by molar-refractivity contribution is 7.92. The lowest BCUT2D eigenvalue weighted by Crippen LogP contribution is -2.33. The molecular formula is C24H27NO5S. The predicted molar refractivity (Wildman–Crippen MR) is 122 cm³/mol. The molecule has 0 fully saturated rings. The van der Waals surface area contributed by atoms with Crippen LogP contribution in [-0.4, -0.2) is 29.7 Å². The smallest absolute Gasteiger partial charge is 0.265 e. The van der Waals surface area contributed by atoms with Crippen LogP contribution in [0.2, 0.25) is 0 Å². The Balaban J connectivity index is 2.21. The van der Waals surface area contributed by atoms with Crippen molar-refractivity contribution in [3.8, 4) is 17.2 Å². The minimum Gasteiger partial charge on any atom is -0.497 e. The Morgan fingerprint density at radius 3 is 2.16 bits per heavy atom. The quantitative estimate of drug-likeness (QED) is 0.493. The lowest BCUT2D eigenvalue weighted by molar-refractivity contribution is 0.355. The first kappa shape index (κ1) is 22.5. The molecule has 0 bridgehead atoms. The van der Waals surface area contributed by atoms with Crippen LogP contribution >= 0.6 is 0 Å². The first-order valence-corrected chi connectivity index (χ1v) is 11.2. The van der Waals surface area contributed by atoms with Gasteiger partial charge < -0.3 is 14.2 Å². The summed E-state index contributed by atoms with van der Waals surface area (Å²) in [5, 5.41) is 0. The average molecular weight is 442 g/mol. The van der Waals surface area contributed by atoms with E-state index in [1.54, 1.807) is 36.4 Å². The summed E-state index contributed by atoms with van der Waals surface area (Å²) in [6.45, 7) is 3.84. The zero-order valence-electron chi connectivity index (χ0n) is 18.3. The molecule has 0 unspecified atom stereocenters. The van der Waals surface area contributed by atoms with Crippen molar-refractivity contribution in [2.24, 2.45) is 0 Å². The largest absolute Gasteiger partial charge is 0.497 e. The predicted octanol–water partition coefficient (Wildman–Crippen LogP) is 4.98. The topological polar surface area (TPSA) is 65.1 Å². The molecule has 0 radical (unpaired) electrons. The molecule has 1 atom stereocenters. The van der Waals surface area contributed by atoms with Crippen LogP contribution in [0.1, 0.15) is 24.1 Å². The third-order valence-electron chi connectivity index (χ3n) is 5.10. The van der Waals surface area contributed by atoms with Crippen molar-refractivity contribution in [3.63, 3.8) is 0 Å². The summed E-state index contributed by atoms with van der Waals surface area (Å²) in [6.07, 6.45) is 0. The number of rotatable bonds is 8. The second-order valence-corrected chi connectivity index (χ2v) is 8.92. The number of methoxy groups -OCH3 is 3. The molecule has 164 valence electrons. The minimum atomic E-state index is -3.93. The normalized spacial score (nSPS) is 12.2. The van der Waals surface area contributed by atoms with Crippen molar-refractivity contribution in [2.75, 3.05) is 25.6 Å². The van der Waals surface area contributed by atoms with Gasteiger partial charge in [-0.05, 0) is 43.7 Å². The van der Waals surface area contributed by atoms with Crippen molar-refractivity contribution in [1.82, 2.24) is 0 Å². The molecule has 3 aromatic rings. The van der Waals surface area contributed by atoms with Crippen molar-refractivity contribution in [2.45, 2.75) is 24.8 Å². The summed E-state index contributed by atoms with van der Waals surface area (Å²) >= 11 is 0. The van der Waals surface area contributed by atoms with Crippen LogP contribution in [-0.2, 0) is 10.0 Å². The van der Waals surface area contributed by atoms with Gasteiger partial charge in [0.2, 0.25) is 0 Å². The molecule has 6 nitrogen and oxygen atoms in total. The number of hydrogen-bond acceptors (Lipinski definition) is 5. The summed E-state index contributed by atoms with van der Waals surface area (Å²) in [4.78, 5) is 0.140. The molecule has 0 amide bonds. The summed E-state index contributed by atoms with van der Waals surface area (Å²) in [7, 11) is 0.632. The highest BCUT2D eigenvalue weighted by atomic mass is 32.2. The number of anilines is 1. The number of ether oxygens (including phenoxy) is 3. The minimum absolute atomic E-state index is 0.140. The number of benzene rings is 3. The second kappa shape index (κ2) is 9.31. The molecule has 0 saturated carbocycles. The van der Waals surface area contributed by atoms with E-state index in [-0.39, 0.29) is 4.90 Å². The summed E-state index contributed by atoms with van der Waals surface area (Å²) < 4.78 is 45.1. The van der Waals surface area contributed by atoms with Gasteiger partial charge in [0, 0.05) is 12.1 Å². The van der Waals surface area contributed by atoms with Crippen LogP contribution in [0.25, 0.3) is 0 Å². The molecule has 0 aliphatic heterocycles. The Hall–Kier alpha value is -3.19. The zero-order chi connectivity index (χ0) is 22.6. The van der Waals surface area contributed by atoms with Crippen molar-refractivity contribution >= 4 is 15.7 Å². The maximum atomic E-state index is 13.9. The molecule has 0 aliphatic carbocycles. The van der Waals surface area contributed by atoms with E-state index in [1.165, 1.54) is 31.7 Å². The molecule has 0 saturated heterocycles. The van der Waals surface area contributed by atoms with Gasteiger partial charge in [-0.3, -0.25) is 4.31 Å². The van der Waals surface area contributed by atoms with Gasteiger partial charge in [-0.2, -0.15) is 0 Å². The zero-order valence-corrected chi connectivity index (χ0v) is 19.1. The fraction of sp³-hybridized carbons (Fsp3) is 0.250. The van der Waals surface area contributed by atoms with E-state index in [2.05, 4.69) is 0 Å². The molecule has 7 heteroatoms. The van der Waals surface area contributed by atoms with Crippen LogP contribution in [0, 0.1) is 6.92 Å². The Bertz CT molecular complexity index is 1160. The van der Waals surface area contributed by atoms with Crippen LogP contribution in [0.3, 0.4) is 0 Å². The highest BCUT2D eigenvalue weighted by Gasteiger charge is 2.31. The Labute approximate surface area is 184 Å². The fourth-order valence-corrected chi connectivity index (χ4v) is 5.14. The van der Waals surface area contributed by atoms with E-state index in [4.69, 9.17) is 14.2 Å². The van der Waals surface area contributed by atoms with E-state index in [0.717, 1.165) is 11.1 Å². The number of aryl methyl sites for hydroxylation is 1. The van der Waals surface area contributed by atoms with Crippen LogP contribution < -0.4 is 18.5 Å². The fourth-order valence-electron chi connectivity index (χ4n) is 3.47. The summed E-state index contributed by atoms with van der Waals surface area (Å²) in [5.74, 6) is 1.44. The molecular weight excluding hydrogens is 414 g/mol. The standard InChI is InChI=1S/C24H27NO5S/c1-17-8-6-9-19(14-17)18(2)25(20-12-13-23(29-4)24(15-20)30-5)31(26,27)22-11-7-10-21(16-22)28-3/h6-16,18H,1-5H3/t18-/m1/s1. The molecule has 0 heterocycles. The summed E-state index contributed by atoms with van der Waals surface area (Å²) in [5.41, 5.74) is 2.39. The van der Waals surface area contributed by atoms with Crippen molar-refractivity contribution in [3.05, 3.63) is 77.9 Å². The van der Waals surface area contributed by atoms with E-state index < -0.39 is 16.1 Å². The second-order valence-electron chi connectivity index (χ2n) is 7.11. The molecule has 0 aliphatic rings. The first-order chi connectivity index (χ1) is 14.8. The van der Waals surface area contributed by atoms with Gasteiger partial charge >= 0.3 is 0 Å². The molecule has 3 aromatic carbocycles. The van der Waals surface area contributed by atoms with Crippen LogP contribution in [0.15, 0.2) is 71.6 Å². The number of sulfonamides is 1. The summed E-state index contributed by atoms with van der Waals surface area (Å²) in [6, 6.07) is 18.9. The third kappa shape index (κ3) is 4.61. The molecule has 3 rings (SSSR count). The molecule has 31 heavy (non-hydrogen) atoms. The van der Waals surface area contributed by atoms with Gasteiger partial charge in [0.25, 0.3) is 10.0 Å². The lowest BCUT2D eigenvalue weighted by Gasteiger charge is -2.31. The van der Waals surface area contributed by atoms with Gasteiger partial charge in [-0.15, -0.1) is 0 Å². The van der Waals surface area contributed by atoms with Gasteiger partial charge in [0.15, 0.2) is 11.5 Å². The molecule has 0 N–H and O–H groups in total. The Morgan fingerprint density at radius 2 is 1.52 bits per heavy atom. The maximum absolute atomic E-state index is 13.9. The monoisotopic (exact) mass is 441 g/mol. The van der Waals surface area contributed by atoms with Gasteiger partial charge in [0.05, 0.1) is 38.0 Å². The van der Waals surface area contributed by atoms with Gasteiger partial charge in [-0.25, -0.2) is 8.42 Å². The highest BCUT2D eigenvalue weighted by Crippen LogP contribution is 2.38. The van der Waals surface area contributed by atoms with E-state index >= 15 is 0 Å². The van der Waals surface area contributed by atoms with Crippen molar-refractivity contribution < 1.29 is 22.6 Å². The van der Waals surface area contributed by atoms with E-state index in [1.807, 2.05) is 38.1 Å². The third-order valence-corrected chi connectivity index (χ3v) is 6.99. The Morgan fingerprint density at radius 1 is 0.806 bits per heavy atom. The first-order valence-electron chi connectivity index (χ1n) is 9.79. The SMILES string of the molecule is COc1cccc(S(=O)(=O)N(c2ccc(OC)c(OC)c2)[C@H](C)c2cccc(C)c2)c1. The van der Waals surface area contributed by atoms with Crippen LogP contribution in [0.4, 0.5) is 5.69 Å². The van der Waals surface area contributed by atoms with E-state index in [0.29, 0.717) is 22.9 Å². The van der Waals surface area contributed by atoms with Crippen molar-refractivity contribution in [1.29, 1.82) is 0 Å². The number of hydrogen-bond donors (Lipinski definition) is 0. The van der Waals surface area contributed by atoms with E-state index in [9.17, 15) is 8.42 Å².